The first-order valence-electron chi connectivity index (χ1n) is 12.4. The number of halogens is 4. The molecular formula is C30H27F4N3O2. The molecule has 0 aliphatic carbocycles. The predicted molar refractivity (Wildman–Crippen MR) is 142 cm³/mol. The summed E-state index contributed by atoms with van der Waals surface area (Å²) >= 11 is 0. The summed E-state index contributed by atoms with van der Waals surface area (Å²) in [6, 6.07) is 11.1. The minimum Gasteiger partial charge on any atom is -0.483 e. The van der Waals surface area contributed by atoms with Gasteiger partial charge in [-0.15, -0.1) is 0 Å². The predicted octanol–water partition coefficient (Wildman–Crippen LogP) is 7.26. The first-order valence-corrected chi connectivity index (χ1v) is 12.4. The van der Waals surface area contributed by atoms with Crippen molar-refractivity contribution < 1.29 is 27.5 Å². The number of nitrogens with zero attached hydrogens (tertiary/aromatic N) is 1. The van der Waals surface area contributed by atoms with E-state index in [1.165, 1.54) is 18.2 Å². The summed E-state index contributed by atoms with van der Waals surface area (Å²) in [5.41, 5.74) is 4.29. The molecule has 0 aliphatic rings. The number of carbonyl (C=O) groups is 1. The Bertz CT molecular complexity index is 1620. The second-order valence-electron chi connectivity index (χ2n) is 9.25. The lowest BCUT2D eigenvalue weighted by atomic mass is 9.96. The number of imidazole rings is 1. The van der Waals surface area contributed by atoms with Crippen LogP contribution in [-0.4, -0.2) is 26.5 Å². The van der Waals surface area contributed by atoms with Crippen LogP contribution in [0.1, 0.15) is 46.9 Å². The number of aromatic amines is 2. The Morgan fingerprint density at radius 1 is 0.949 bits per heavy atom. The summed E-state index contributed by atoms with van der Waals surface area (Å²) in [4.78, 5) is 18.5. The van der Waals surface area contributed by atoms with Crippen molar-refractivity contribution in [2.75, 3.05) is 0 Å². The van der Waals surface area contributed by atoms with E-state index in [2.05, 4.69) is 15.0 Å². The van der Waals surface area contributed by atoms with Crippen LogP contribution in [0.25, 0.3) is 22.3 Å². The molecule has 2 heterocycles. The van der Waals surface area contributed by atoms with Gasteiger partial charge < -0.3 is 15.1 Å². The van der Waals surface area contributed by atoms with Crippen molar-refractivity contribution in [1.82, 2.24) is 15.0 Å². The molecule has 0 radical (unpaired) electrons. The largest absolute Gasteiger partial charge is 0.483 e. The molecule has 0 aliphatic heterocycles. The van der Waals surface area contributed by atoms with Gasteiger partial charge in [-0.2, -0.15) is 0 Å². The molecule has 202 valence electrons. The molecule has 9 heteroatoms. The summed E-state index contributed by atoms with van der Waals surface area (Å²) in [6.07, 6.45) is 5.40. The Hall–Kier alpha value is -4.40. The Labute approximate surface area is 222 Å². The molecule has 0 saturated carbocycles. The first kappa shape index (κ1) is 27.6. The quantitative estimate of drug-likeness (QED) is 0.151. The zero-order valence-corrected chi connectivity index (χ0v) is 21.4. The van der Waals surface area contributed by atoms with Gasteiger partial charge in [0, 0.05) is 36.3 Å². The second-order valence-corrected chi connectivity index (χ2v) is 9.25. The maximum Gasteiger partial charge on any atom is 0.290 e. The maximum atomic E-state index is 14.9. The third kappa shape index (κ3) is 6.03. The van der Waals surface area contributed by atoms with Crippen LogP contribution >= 0.6 is 0 Å². The Morgan fingerprint density at radius 2 is 1.69 bits per heavy atom. The van der Waals surface area contributed by atoms with Gasteiger partial charge in [0.15, 0.2) is 11.6 Å². The van der Waals surface area contributed by atoms with Crippen LogP contribution in [0.5, 0.6) is 0 Å². The van der Waals surface area contributed by atoms with Crippen LogP contribution in [-0.2, 0) is 24.1 Å². The number of fused-ring (bicyclic) bond motifs is 1. The summed E-state index contributed by atoms with van der Waals surface area (Å²) in [5.74, 6) is -2.29. The van der Waals surface area contributed by atoms with E-state index in [9.17, 15) is 17.6 Å². The molecule has 3 aromatic carbocycles. The molecule has 0 spiro atoms. The lowest BCUT2D eigenvalue weighted by Gasteiger charge is -2.11. The lowest BCUT2D eigenvalue weighted by molar-refractivity contribution is -0.122. The summed E-state index contributed by atoms with van der Waals surface area (Å²) in [7, 11) is 0. The van der Waals surface area contributed by atoms with Crippen molar-refractivity contribution >= 4 is 17.4 Å². The van der Waals surface area contributed by atoms with Crippen molar-refractivity contribution in [1.29, 1.82) is 0 Å². The van der Waals surface area contributed by atoms with Gasteiger partial charge in [0.1, 0.15) is 17.5 Å². The molecule has 0 amide bonds. The zero-order chi connectivity index (χ0) is 28.1. The maximum absolute atomic E-state index is 14.9. The third-order valence-electron chi connectivity index (χ3n) is 6.53. The standard InChI is InChI=1S/C29H25F4N3.CH2O2/c1-3-4-17-9-19(11-20(30)10-17)12-21-15-35-29(36-21)24-14-18(5-6-25(24)31)13-23-16(2)22-7-8-34-28(22)27(33)26(23)32;2-1-3/h5-11,14-15,34H,3-4,12-13H2,1-2H3,(H,35,36);1H,(H,2,3). The minimum absolute atomic E-state index is 0.0973. The van der Waals surface area contributed by atoms with Crippen LogP contribution in [0.3, 0.4) is 0 Å². The van der Waals surface area contributed by atoms with E-state index in [0.29, 0.717) is 34.5 Å². The Morgan fingerprint density at radius 3 is 2.44 bits per heavy atom. The van der Waals surface area contributed by atoms with Gasteiger partial charge in [-0.25, -0.2) is 22.5 Å². The fraction of sp³-hybridized carbons (Fsp3) is 0.200. The van der Waals surface area contributed by atoms with E-state index < -0.39 is 17.5 Å². The molecule has 5 aromatic rings. The van der Waals surface area contributed by atoms with E-state index in [-0.39, 0.29) is 35.4 Å². The first-order chi connectivity index (χ1) is 18.7. The van der Waals surface area contributed by atoms with Crippen molar-refractivity contribution in [2.24, 2.45) is 0 Å². The number of benzene rings is 3. The fourth-order valence-corrected chi connectivity index (χ4v) is 4.77. The molecule has 0 unspecified atom stereocenters. The van der Waals surface area contributed by atoms with Crippen molar-refractivity contribution in [2.45, 2.75) is 39.5 Å². The highest BCUT2D eigenvalue weighted by molar-refractivity contribution is 5.85. The number of carboxylic acid groups (broad SMARTS) is 1. The van der Waals surface area contributed by atoms with Gasteiger partial charge >= 0.3 is 0 Å². The molecule has 39 heavy (non-hydrogen) atoms. The van der Waals surface area contributed by atoms with Gasteiger partial charge in [0.25, 0.3) is 6.47 Å². The van der Waals surface area contributed by atoms with Gasteiger partial charge in [0.2, 0.25) is 0 Å². The fourth-order valence-electron chi connectivity index (χ4n) is 4.77. The molecule has 0 atom stereocenters. The normalized spacial score (nSPS) is 10.9. The number of rotatable bonds is 7. The number of hydrogen-bond donors (Lipinski definition) is 3. The number of aryl methyl sites for hydroxylation is 2. The van der Waals surface area contributed by atoms with Crippen molar-refractivity contribution in [3.63, 3.8) is 0 Å². The van der Waals surface area contributed by atoms with Gasteiger partial charge in [0.05, 0.1) is 11.1 Å². The Balaban J connectivity index is 0.00000112. The van der Waals surface area contributed by atoms with Gasteiger partial charge in [-0.1, -0.05) is 25.5 Å². The lowest BCUT2D eigenvalue weighted by Crippen LogP contribution is -2.02. The number of nitrogens with one attached hydrogen (secondary N) is 2. The Kier molecular flexibility index (Phi) is 8.49. The van der Waals surface area contributed by atoms with E-state index in [1.807, 2.05) is 13.0 Å². The van der Waals surface area contributed by atoms with E-state index in [0.717, 1.165) is 24.0 Å². The van der Waals surface area contributed by atoms with E-state index in [1.54, 1.807) is 37.5 Å². The van der Waals surface area contributed by atoms with E-state index in [4.69, 9.17) is 9.90 Å². The monoisotopic (exact) mass is 537 g/mol. The molecule has 5 nitrogen and oxygen atoms in total. The highest BCUT2D eigenvalue weighted by Crippen LogP contribution is 2.30. The minimum atomic E-state index is -0.923. The molecule has 0 bridgehead atoms. The van der Waals surface area contributed by atoms with Gasteiger partial charge in [-0.3, -0.25) is 4.79 Å². The highest BCUT2D eigenvalue weighted by Gasteiger charge is 2.19. The molecular weight excluding hydrogens is 510 g/mol. The molecule has 5 rings (SSSR count). The van der Waals surface area contributed by atoms with Gasteiger partial charge in [-0.05, 0) is 71.5 Å². The van der Waals surface area contributed by atoms with E-state index >= 15 is 0 Å². The SMILES string of the molecule is CCCc1cc(F)cc(Cc2cnc(-c3cc(Cc4c(F)c(F)c5[nH]ccc5c4C)ccc3F)[nH]2)c1.O=CO. The smallest absolute Gasteiger partial charge is 0.290 e. The summed E-state index contributed by atoms with van der Waals surface area (Å²) in [6.45, 7) is 3.54. The third-order valence-corrected chi connectivity index (χ3v) is 6.53. The average molecular weight is 538 g/mol. The van der Waals surface area contributed by atoms with Crippen molar-refractivity contribution in [3.05, 3.63) is 112 Å². The summed E-state index contributed by atoms with van der Waals surface area (Å²) < 4.78 is 58.2. The molecule has 2 aromatic heterocycles. The van der Waals surface area contributed by atoms with Crippen LogP contribution in [0.4, 0.5) is 17.6 Å². The van der Waals surface area contributed by atoms with Crippen LogP contribution in [0.15, 0.2) is 54.9 Å². The number of hydrogen-bond acceptors (Lipinski definition) is 2. The molecule has 3 N–H and O–H groups in total. The molecule has 0 fully saturated rings. The number of H-pyrrole nitrogens is 2. The average Bonchev–Trinajstić information content (AvgIpc) is 3.57. The second kappa shape index (κ2) is 12.0. The van der Waals surface area contributed by atoms with Crippen LogP contribution in [0, 0.1) is 30.2 Å². The van der Waals surface area contributed by atoms with Crippen LogP contribution in [0.2, 0.25) is 0 Å². The zero-order valence-electron chi connectivity index (χ0n) is 21.4. The summed E-state index contributed by atoms with van der Waals surface area (Å²) in [5, 5.41) is 7.50. The highest BCUT2D eigenvalue weighted by atomic mass is 19.2. The number of aromatic nitrogens is 3. The molecule has 0 saturated heterocycles. The van der Waals surface area contributed by atoms with Crippen LogP contribution < -0.4 is 0 Å². The topological polar surface area (TPSA) is 81.8 Å². The van der Waals surface area contributed by atoms with Crippen molar-refractivity contribution in [3.8, 4) is 11.4 Å².